The zero-order valence-electron chi connectivity index (χ0n) is 9.66. The Morgan fingerprint density at radius 3 is 2.73 bits per heavy atom. The molecule has 4 heteroatoms. The van der Waals surface area contributed by atoms with Crippen molar-refractivity contribution in [1.29, 1.82) is 0 Å². The van der Waals surface area contributed by atoms with Crippen LogP contribution in [0.3, 0.4) is 0 Å². The van der Waals surface area contributed by atoms with E-state index in [1.165, 1.54) is 12.8 Å². The number of carbonyl (C=O) groups is 1. The van der Waals surface area contributed by atoms with Gasteiger partial charge in [-0.05, 0) is 25.2 Å². The van der Waals surface area contributed by atoms with Gasteiger partial charge in [0.25, 0.3) is 0 Å². The molecule has 3 N–H and O–H groups in total. The summed E-state index contributed by atoms with van der Waals surface area (Å²) in [4.78, 5) is 11.6. The van der Waals surface area contributed by atoms with Gasteiger partial charge in [0.2, 0.25) is 5.91 Å². The molecule has 1 fully saturated rings. The van der Waals surface area contributed by atoms with Crippen molar-refractivity contribution in [2.45, 2.75) is 44.7 Å². The lowest BCUT2D eigenvalue weighted by atomic mass is 10.1. The highest BCUT2D eigenvalue weighted by atomic mass is 16.5. The molecule has 2 atom stereocenters. The molecular weight excluding hydrogens is 192 g/mol. The summed E-state index contributed by atoms with van der Waals surface area (Å²) >= 11 is 0. The summed E-state index contributed by atoms with van der Waals surface area (Å²) in [5.74, 6) is 0.636. The zero-order valence-corrected chi connectivity index (χ0v) is 9.66. The van der Waals surface area contributed by atoms with Crippen LogP contribution < -0.4 is 11.1 Å². The molecule has 0 aromatic rings. The van der Waals surface area contributed by atoms with E-state index in [1.54, 1.807) is 7.11 Å². The van der Waals surface area contributed by atoms with E-state index < -0.39 is 0 Å². The second-order valence-corrected chi connectivity index (χ2v) is 4.33. The Kier molecular flexibility index (Phi) is 5.05. The number of hydrogen-bond donors (Lipinski definition) is 2. The van der Waals surface area contributed by atoms with Gasteiger partial charge in [-0.15, -0.1) is 0 Å². The number of rotatable bonds is 7. The molecule has 0 saturated heterocycles. The minimum atomic E-state index is 0.0463. The van der Waals surface area contributed by atoms with Crippen molar-refractivity contribution >= 4 is 5.91 Å². The lowest BCUT2D eigenvalue weighted by Crippen LogP contribution is -2.40. The quantitative estimate of drug-likeness (QED) is 0.654. The third-order valence-electron chi connectivity index (χ3n) is 2.87. The number of amides is 1. The van der Waals surface area contributed by atoms with E-state index in [0.29, 0.717) is 18.9 Å². The smallest absolute Gasteiger partial charge is 0.221 e. The van der Waals surface area contributed by atoms with Gasteiger partial charge in [-0.1, -0.05) is 6.92 Å². The fourth-order valence-corrected chi connectivity index (χ4v) is 1.65. The molecule has 15 heavy (non-hydrogen) atoms. The van der Waals surface area contributed by atoms with E-state index in [1.807, 2.05) is 6.92 Å². The maximum absolute atomic E-state index is 11.6. The lowest BCUT2D eigenvalue weighted by Gasteiger charge is -2.17. The van der Waals surface area contributed by atoms with Gasteiger partial charge in [0.15, 0.2) is 0 Å². The van der Waals surface area contributed by atoms with Crippen LogP contribution in [0, 0.1) is 5.92 Å². The van der Waals surface area contributed by atoms with Crippen molar-refractivity contribution in [3.05, 3.63) is 0 Å². The van der Waals surface area contributed by atoms with E-state index in [4.69, 9.17) is 10.5 Å². The summed E-state index contributed by atoms with van der Waals surface area (Å²) in [6, 6.07) is 0.166. The number of carbonyl (C=O) groups excluding carboxylic acids is 1. The van der Waals surface area contributed by atoms with Crippen LogP contribution in [-0.2, 0) is 9.53 Å². The highest BCUT2D eigenvalue weighted by Crippen LogP contribution is 2.32. The normalized spacial score (nSPS) is 19.7. The second kappa shape index (κ2) is 6.08. The maximum atomic E-state index is 11.6. The number of hydrogen-bond acceptors (Lipinski definition) is 3. The molecular formula is C11H22N2O2. The van der Waals surface area contributed by atoms with Gasteiger partial charge in [-0.25, -0.2) is 0 Å². The Hall–Kier alpha value is -0.610. The van der Waals surface area contributed by atoms with Crippen LogP contribution in [0.25, 0.3) is 0 Å². The van der Waals surface area contributed by atoms with Crippen molar-refractivity contribution in [3.8, 4) is 0 Å². The number of ether oxygens (including phenoxy) is 1. The number of methoxy groups -OCH3 is 1. The van der Waals surface area contributed by atoms with Crippen molar-refractivity contribution < 1.29 is 9.53 Å². The summed E-state index contributed by atoms with van der Waals surface area (Å²) in [6.45, 7) is 2.60. The van der Waals surface area contributed by atoms with Crippen LogP contribution >= 0.6 is 0 Å². The van der Waals surface area contributed by atoms with Crippen molar-refractivity contribution in [2.24, 2.45) is 11.7 Å². The molecule has 1 rings (SSSR count). The van der Waals surface area contributed by atoms with Gasteiger partial charge in [-0.2, -0.15) is 0 Å². The van der Waals surface area contributed by atoms with Gasteiger partial charge in [0.1, 0.15) is 0 Å². The molecule has 4 nitrogen and oxygen atoms in total. The summed E-state index contributed by atoms with van der Waals surface area (Å²) < 4.78 is 5.01. The molecule has 88 valence electrons. The predicted octanol–water partition coefficient (Wildman–Crippen LogP) is 0.655. The van der Waals surface area contributed by atoms with Crippen LogP contribution in [0.1, 0.15) is 32.6 Å². The van der Waals surface area contributed by atoms with Crippen molar-refractivity contribution in [2.75, 3.05) is 13.7 Å². The Morgan fingerprint density at radius 1 is 1.60 bits per heavy atom. The lowest BCUT2D eigenvalue weighted by molar-refractivity contribution is -0.122. The molecule has 0 bridgehead atoms. The topological polar surface area (TPSA) is 64.3 Å². The first-order chi connectivity index (χ1) is 7.17. The highest BCUT2D eigenvalue weighted by molar-refractivity contribution is 5.77. The van der Waals surface area contributed by atoms with Crippen LogP contribution in [0.2, 0.25) is 0 Å². The van der Waals surface area contributed by atoms with Gasteiger partial charge in [-0.3, -0.25) is 4.79 Å². The predicted molar refractivity (Wildman–Crippen MR) is 59.4 cm³/mol. The molecule has 0 spiro atoms. The van der Waals surface area contributed by atoms with Gasteiger partial charge in [0, 0.05) is 19.6 Å². The second-order valence-electron chi connectivity index (χ2n) is 4.33. The van der Waals surface area contributed by atoms with E-state index in [9.17, 15) is 4.79 Å². The zero-order chi connectivity index (χ0) is 11.3. The molecule has 0 heterocycles. The Labute approximate surface area is 91.5 Å². The number of nitrogens with one attached hydrogen (secondary N) is 1. The SMILES string of the molecule is CCC(COC)NC(=O)CC(N)C1CC1. The molecule has 0 aromatic carbocycles. The fraction of sp³-hybridized carbons (Fsp3) is 0.909. The standard InChI is InChI=1S/C11H22N2O2/c1-3-9(7-15-2)13-11(14)6-10(12)8-4-5-8/h8-10H,3-7,12H2,1-2H3,(H,13,14). The van der Waals surface area contributed by atoms with Crippen molar-refractivity contribution in [1.82, 2.24) is 5.32 Å². The summed E-state index contributed by atoms with van der Waals surface area (Å²) in [6.07, 6.45) is 3.70. The first-order valence-electron chi connectivity index (χ1n) is 5.71. The van der Waals surface area contributed by atoms with Crippen LogP contribution in [0.15, 0.2) is 0 Å². The highest BCUT2D eigenvalue weighted by Gasteiger charge is 2.30. The molecule has 1 amide bonds. The first-order valence-corrected chi connectivity index (χ1v) is 5.71. The Morgan fingerprint density at radius 2 is 2.27 bits per heavy atom. The molecule has 1 saturated carbocycles. The largest absolute Gasteiger partial charge is 0.383 e. The summed E-state index contributed by atoms with van der Waals surface area (Å²) in [5, 5.41) is 2.94. The molecule has 0 aliphatic heterocycles. The minimum absolute atomic E-state index is 0.0463. The van der Waals surface area contributed by atoms with Crippen LogP contribution in [-0.4, -0.2) is 31.7 Å². The molecule has 1 aliphatic carbocycles. The Bertz CT molecular complexity index is 205. The maximum Gasteiger partial charge on any atom is 0.221 e. The molecule has 2 unspecified atom stereocenters. The van der Waals surface area contributed by atoms with Gasteiger partial charge >= 0.3 is 0 Å². The molecule has 0 radical (unpaired) electrons. The Balaban J connectivity index is 2.20. The molecule has 1 aliphatic rings. The van der Waals surface area contributed by atoms with E-state index in [-0.39, 0.29) is 18.0 Å². The summed E-state index contributed by atoms with van der Waals surface area (Å²) in [5.41, 5.74) is 5.88. The minimum Gasteiger partial charge on any atom is -0.383 e. The third kappa shape index (κ3) is 4.62. The number of nitrogens with two attached hydrogens (primary N) is 1. The molecule has 0 aromatic heterocycles. The monoisotopic (exact) mass is 214 g/mol. The third-order valence-corrected chi connectivity index (χ3v) is 2.87. The average Bonchev–Trinajstić information content (AvgIpc) is 2.99. The van der Waals surface area contributed by atoms with Gasteiger partial charge < -0.3 is 15.8 Å². The average molecular weight is 214 g/mol. The van der Waals surface area contributed by atoms with Crippen LogP contribution in [0.4, 0.5) is 0 Å². The van der Waals surface area contributed by atoms with Crippen molar-refractivity contribution in [3.63, 3.8) is 0 Å². The van der Waals surface area contributed by atoms with E-state index in [2.05, 4.69) is 5.32 Å². The fourth-order valence-electron chi connectivity index (χ4n) is 1.65. The van der Waals surface area contributed by atoms with E-state index >= 15 is 0 Å². The summed E-state index contributed by atoms with van der Waals surface area (Å²) in [7, 11) is 1.64. The van der Waals surface area contributed by atoms with E-state index in [0.717, 1.165) is 6.42 Å². The van der Waals surface area contributed by atoms with Gasteiger partial charge in [0.05, 0.1) is 12.6 Å². The van der Waals surface area contributed by atoms with Crippen LogP contribution in [0.5, 0.6) is 0 Å². The first kappa shape index (κ1) is 12.5.